The van der Waals surface area contributed by atoms with Gasteiger partial charge in [-0.15, -0.1) is 11.8 Å². The summed E-state index contributed by atoms with van der Waals surface area (Å²) in [5.41, 5.74) is 5.06. The molecule has 1 amide bonds. The van der Waals surface area contributed by atoms with Gasteiger partial charge in [-0.3, -0.25) is 10.1 Å². The highest BCUT2D eigenvalue weighted by Gasteiger charge is 2.33. The molecule has 108 valence electrons. The van der Waals surface area contributed by atoms with Crippen LogP contribution in [0.5, 0.6) is 0 Å². The second-order valence-electron chi connectivity index (χ2n) is 6.06. The maximum Gasteiger partial charge on any atom is 0.245 e. The van der Waals surface area contributed by atoms with Crippen LogP contribution in [0.4, 0.5) is 5.69 Å². The first kappa shape index (κ1) is 14.0. The van der Waals surface area contributed by atoms with Crippen LogP contribution < -0.4 is 10.2 Å². The Morgan fingerprint density at radius 1 is 1.35 bits per heavy atom. The van der Waals surface area contributed by atoms with E-state index < -0.39 is 0 Å². The van der Waals surface area contributed by atoms with Crippen molar-refractivity contribution in [1.29, 1.82) is 0 Å². The number of nitrogens with zero attached hydrogens (tertiary/aromatic N) is 1. The van der Waals surface area contributed by atoms with Crippen molar-refractivity contribution in [3.8, 4) is 0 Å². The predicted molar refractivity (Wildman–Crippen MR) is 85.4 cm³/mol. The monoisotopic (exact) mass is 290 g/mol. The number of carbonyl (C=O) groups is 1. The minimum Gasteiger partial charge on any atom is -0.310 e. The number of carbonyl (C=O) groups excluding carboxylic acids is 1. The zero-order valence-corrected chi connectivity index (χ0v) is 13.2. The van der Waals surface area contributed by atoms with E-state index in [9.17, 15) is 4.79 Å². The van der Waals surface area contributed by atoms with Crippen LogP contribution in [0.3, 0.4) is 0 Å². The number of hydrogen-bond acceptors (Lipinski definition) is 3. The molecule has 1 aromatic carbocycles. The Morgan fingerprint density at radius 3 is 2.80 bits per heavy atom. The third-order valence-electron chi connectivity index (χ3n) is 4.32. The van der Waals surface area contributed by atoms with Crippen molar-refractivity contribution in [2.75, 3.05) is 23.1 Å². The predicted octanol–water partition coefficient (Wildman–Crippen LogP) is 2.49. The molecule has 1 aromatic rings. The number of rotatable bonds is 1. The third-order valence-corrected chi connectivity index (χ3v) is 5.26. The molecule has 1 N–H and O–H groups in total. The maximum atomic E-state index is 12.8. The molecule has 2 aliphatic rings. The van der Waals surface area contributed by atoms with Crippen LogP contribution in [-0.2, 0) is 11.2 Å². The molecule has 3 nitrogen and oxygen atoms in total. The maximum absolute atomic E-state index is 12.8. The third kappa shape index (κ3) is 2.35. The SMILES string of the molecule is Cc1ccc(C)c2c1CC(C)CN2C(=O)C1CSCN1. The molecule has 0 aromatic heterocycles. The summed E-state index contributed by atoms with van der Waals surface area (Å²) in [6.07, 6.45) is 1.08. The van der Waals surface area contributed by atoms with Gasteiger partial charge in [0, 0.05) is 18.2 Å². The van der Waals surface area contributed by atoms with E-state index in [-0.39, 0.29) is 11.9 Å². The molecule has 0 radical (unpaired) electrons. The van der Waals surface area contributed by atoms with Crippen LogP contribution >= 0.6 is 11.8 Å². The van der Waals surface area contributed by atoms with E-state index in [1.165, 1.54) is 22.4 Å². The lowest BCUT2D eigenvalue weighted by Gasteiger charge is -2.36. The lowest BCUT2D eigenvalue weighted by Crippen LogP contribution is -2.49. The van der Waals surface area contributed by atoms with E-state index in [0.29, 0.717) is 5.92 Å². The second kappa shape index (κ2) is 5.41. The van der Waals surface area contributed by atoms with E-state index in [2.05, 4.69) is 38.2 Å². The van der Waals surface area contributed by atoms with E-state index in [4.69, 9.17) is 0 Å². The van der Waals surface area contributed by atoms with Gasteiger partial charge in [0.15, 0.2) is 0 Å². The summed E-state index contributed by atoms with van der Waals surface area (Å²) in [6.45, 7) is 7.36. The molecule has 1 fully saturated rings. The molecule has 0 saturated carbocycles. The largest absolute Gasteiger partial charge is 0.310 e. The highest BCUT2D eigenvalue weighted by molar-refractivity contribution is 7.99. The number of nitrogens with one attached hydrogen (secondary N) is 1. The lowest BCUT2D eigenvalue weighted by molar-refractivity contribution is -0.120. The lowest BCUT2D eigenvalue weighted by atomic mass is 9.88. The Labute approximate surface area is 125 Å². The van der Waals surface area contributed by atoms with Crippen LogP contribution in [0, 0.1) is 19.8 Å². The Kier molecular flexibility index (Phi) is 3.78. The number of anilines is 1. The van der Waals surface area contributed by atoms with E-state index >= 15 is 0 Å². The molecule has 3 rings (SSSR count). The molecule has 4 heteroatoms. The van der Waals surface area contributed by atoms with E-state index in [1.54, 1.807) is 11.8 Å². The van der Waals surface area contributed by atoms with Crippen molar-refractivity contribution in [3.63, 3.8) is 0 Å². The van der Waals surface area contributed by atoms with Gasteiger partial charge in [-0.25, -0.2) is 0 Å². The zero-order chi connectivity index (χ0) is 14.3. The highest BCUT2D eigenvalue weighted by Crippen LogP contribution is 2.35. The normalized spacial score (nSPS) is 25.6. The quantitative estimate of drug-likeness (QED) is 0.862. The van der Waals surface area contributed by atoms with Gasteiger partial charge in [-0.2, -0.15) is 0 Å². The van der Waals surface area contributed by atoms with Gasteiger partial charge in [0.1, 0.15) is 0 Å². The number of benzene rings is 1. The minimum atomic E-state index is -0.0157. The first-order chi connectivity index (χ1) is 9.58. The fraction of sp³-hybridized carbons (Fsp3) is 0.562. The molecule has 2 unspecified atom stereocenters. The first-order valence-corrected chi connectivity index (χ1v) is 8.45. The molecule has 2 atom stereocenters. The number of hydrogen-bond donors (Lipinski definition) is 1. The molecular formula is C16H22N2OS. The number of thioether (sulfide) groups is 1. The van der Waals surface area contributed by atoms with Crippen molar-refractivity contribution >= 4 is 23.4 Å². The molecule has 20 heavy (non-hydrogen) atoms. The number of amides is 1. The van der Waals surface area contributed by atoms with Crippen LogP contribution in [0.1, 0.15) is 23.6 Å². The van der Waals surface area contributed by atoms with E-state index in [0.717, 1.165) is 24.6 Å². The van der Waals surface area contributed by atoms with Gasteiger partial charge >= 0.3 is 0 Å². The van der Waals surface area contributed by atoms with Gasteiger partial charge in [0.05, 0.1) is 11.7 Å². The molecular weight excluding hydrogens is 268 g/mol. The summed E-state index contributed by atoms with van der Waals surface area (Å²) in [5, 5.41) is 3.31. The van der Waals surface area contributed by atoms with Gasteiger partial charge in [0.25, 0.3) is 0 Å². The highest BCUT2D eigenvalue weighted by atomic mass is 32.2. The fourth-order valence-electron chi connectivity index (χ4n) is 3.25. The second-order valence-corrected chi connectivity index (χ2v) is 7.09. The average Bonchev–Trinajstić information content (AvgIpc) is 2.95. The molecule has 1 saturated heterocycles. The summed E-state index contributed by atoms with van der Waals surface area (Å²) in [7, 11) is 0. The summed E-state index contributed by atoms with van der Waals surface area (Å²) in [6, 6.07) is 4.30. The van der Waals surface area contributed by atoms with Gasteiger partial charge in [-0.05, 0) is 42.9 Å². The van der Waals surface area contributed by atoms with Crippen molar-refractivity contribution in [2.45, 2.75) is 33.2 Å². The summed E-state index contributed by atoms with van der Waals surface area (Å²) in [5.74, 6) is 2.56. The van der Waals surface area contributed by atoms with Crippen LogP contribution in [-0.4, -0.2) is 30.1 Å². The molecule has 0 bridgehead atoms. The molecule has 0 aliphatic carbocycles. The van der Waals surface area contributed by atoms with Crippen molar-refractivity contribution in [3.05, 3.63) is 28.8 Å². The average molecular weight is 290 g/mol. The summed E-state index contributed by atoms with van der Waals surface area (Å²) >= 11 is 1.81. The Balaban J connectivity index is 2.01. The van der Waals surface area contributed by atoms with Crippen LogP contribution in [0.25, 0.3) is 0 Å². The minimum absolute atomic E-state index is 0.0157. The van der Waals surface area contributed by atoms with Gasteiger partial charge < -0.3 is 4.90 Å². The standard InChI is InChI=1S/C16H22N2OS/c1-10-6-13-11(2)4-5-12(3)15(13)18(7-10)16(19)14-8-20-9-17-14/h4-5,10,14,17H,6-9H2,1-3H3. The topological polar surface area (TPSA) is 32.3 Å². The van der Waals surface area contributed by atoms with Crippen LogP contribution in [0.2, 0.25) is 0 Å². The molecule has 0 spiro atoms. The molecule has 2 aliphatic heterocycles. The molecule has 2 heterocycles. The Hall–Kier alpha value is -1.000. The van der Waals surface area contributed by atoms with Crippen molar-refractivity contribution in [2.24, 2.45) is 5.92 Å². The number of aryl methyl sites for hydroxylation is 2. The van der Waals surface area contributed by atoms with Gasteiger partial charge in [-0.1, -0.05) is 19.1 Å². The summed E-state index contributed by atoms with van der Waals surface area (Å²) < 4.78 is 0. The van der Waals surface area contributed by atoms with E-state index in [1.807, 2.05) is 4.90 Å². The fourth-order valence-corrected chi connectivity index (χ4v) is 4.18. The first-order valence-electron chi connectivity index (χ1n) is 7.29. The Morgan fingerprint density at radius 2 is 2.10 bits per heavy atom. The van der Waals surface area contributed by atoms with Crippen molar-refractivity contribution in [1.82, 2.24) is 5.32 Å². The smallest absolute Gasteiger partial charge is 0.245 e. The Bertz CT molecular complexity index is 538. The van der Waals surface area contributed by atoms with Gasteiger partial charge in [0.2, 0.25) is 5.91 Å². The van der Waals surface area contributed by atoms with Crippen LogP contribution in [0.15, 0.2) is 12.1 Å². The van der Waals surface area contributed by atoms with Crippen molar-refractivity contribution < 1.29 is 4.79 Å². The number of fused-ring (bicyclic) bond motifs is 1. The summed E-state index contributed by atoms with van der Waals surface area (Å²) in [4.78, 5) is 14.9. The zero-order valence-electron chi connectivity index (χ0n) is 12.4.